The Bertz CT molecular complexity index is 193. The number of methoxy groups -OCH3 is 1. The number of hydrogen-bond donors (Lipinski definition) is 1. The first-order chi connectivity index (χ1) is 8.06. The third-order valence-electron chi connectivity index (χ3n) is 2.90. The summed E-state index contributed by atoms with van der Waals surface area (Å²) in [6.45, 7) is 7.57. The third-order valence-corrected chi connectivity index (χ3v) is 2.90. The molecule has 0 amide bonds. The lowest BCUT2D eigenvalue weighted by atomic mass is 10.0. The minimum absolute atomic E-state index is 0.137. The Morgan fingerprint density at radius 1 is 1.12 bits per heavy atom. The fourth-order valence-corrected chi connectivity index (χ4v) is 1.79. The number of nitrogens with one attached hydrogen (secondary N) is 1. The van der Waals surface area contributed by atoms with Crippen LogP contribution >= 0.6 is 0 Å². The average Bonchev–Trinajstić information content (AvgIpc) is 2.27. The van der Waals surface area contributed by atoms with Gasteiger partial charge in [-0.15, -0.1) is 0 Å². The molecule has 0 radical (unpaired) electrons. The van der Waals surface area contributed by atoms with Crippen molar-refractivity contribution in [2.75, 3.05) is 13.7 Å². The highest BCUT2D eigenvalue weighted by molar-refractivity contribution is 5.69. The monoisotopic (exact) mass is 243 g/mol. The molecule has 17 heavy (non-hydrogen) atoms. The van der Waals surface area contributed by atoms with Gasteiger partial charge in [0.05, 0.1) is 13.5 Å². The topological polar surface area (TPSA) is 38.3 Å². The van der Waals surface area contributed by atoms with Crippen molar-refractivity contribution in [3.05, 3.63) is 0 Å². The van der Waals surface area contributed by atoms with Crippen LogP contribution in [0.1, 0.15) is 59.3 Å². The Balaban J connectivity index is 3.24. The van der Waals surface area contributed by atoms with Crippen molar-refractivity contribution in [2.45, 2.75) is 65.3 Å². The van der Waals surface area contributed by atoms with Crippen LogP contribution in [-0.2, 0) is 9.53 Å². The van der Waals surface area contributed by atoms with E-state index in [1.807, 2.05) is 6.92 Å². The maximum atomic E-state index is 11.0. The summed E-state index contributed by atoms with van der Waals surface area (Å²) in [4.78, 5) is 11.0. The molecule has 0 bridgehead atoms. The SMILES string of the molecule is COC(=O)CC(C)NCCCCCCC(C)C. The number of hydrogen-bond acceptors (Lipinski definition) is 3. The van der Waals surface area contributed by atoms with Gasteiger partial charge in [-0.3, -0.25) is 4.79 Å². The number of rotatable bonds is 10. The van der Waals surface area contributed by atoms with E-state index in [2.05, 4.69) is 23.9 Å². The largest absolute Gasteiger partial charge is 0.469 e. The van der Waals surface area contributed by atoms with Crippen molar-refractivity contribution in [3.8, 4) is 0 Å². The highest BCUT2D eigenvalue weighted by Crippen LogP contribution is 2.09. The van der Waals surface area contributed by atoms with Crippen LogP contribution in [0.4, 0.5) is 0 Å². The van der Waals surface area contributed by atoms with Crippen molar-refractivity contribution in [1.82, 2.24) is 5.32 Å². The van der Waals surface area contributed by atoms with E-state index in [9.17, 15) is 4.79 Å². The zero-order valence-corrected chi connectivity index (χ0v) is 11.9. The predicted octanol–water partition coefficient (Wildman–Crippen LogP) is 3.13. The van der Waals surface area contributed by atoms with Crippen LogP contribution in [0.25, 0.3) is 0 Å². The molecule has 102 valence electrons. The standard InChI is InChI=1S/C14H29NO2/c1-12(2)9-7-5-6-8-10-15-13(3)11-14(16)17-4/h12-13,15H,5-11H2,1-4H3. The molecule has 0 heterocycles. The highest BCUT2D eigenvalue weighted by Gasteiger charge is 2.07. The molecule has 0 aromatic heterocycles. The van der Waals surface area contributed by atoms with Gasteiger partial charge in [-0.2, -0.15) is 0 Å². The van der Waals surface area contributed by atoms with Gasteiger partial charge in [0.25, 0.3) is 0 Å². The number of ether oxygens (including phenoxy) is 1. The Morgan fingerprint density at radius 2 is 1.76 bits per heavy atom. The lowest BCUT2D eigenvalue weighted by Crippen LogP contribution is -2.29. The molecule has 1 N–H and O–H groups in total. The second kappa shape index (κ2) is 10.6. The molecule has 1 unspecified atom stereocenters. The first kappa shape index (κ1) is 16.4. The Kier molecular flexibility index (Phi) is 10.2. The van der Waals surface area contributed by atoms with Crippen molar-refractivity contribution in [3.63, 3.8) is 0 Å². The van der Waals surface area contributed by atoms with Gasteiger partial charge in [0.2, 0.25) is 0 Å². The van der Waals surface area contributed by atoms with Crippen LogP contribution in [0.3, 0.4) is 0 Å². The number of unbranched alkanes of at least 4 members (excludes halogenated alkanes) is 3. The minimum Gasteiger partial charge on any atom is -0.469 e. The first-order valence-corrected chi connectivity index (χ1v) is 6.86. The minimum atomic E-state index is -0.137. The molecule has 3 nitrogen and oxygen atoms in total. The first-order valence-electron chi connectivity index (χ1n) is 6.86. The second-order valence-corrected chi connectivity index (χ2v) is 5.23. The fourth-order valence-electron chi connectivity index (χ4n) is 1.79. The van der Waals surface area contributed by atoms with Crippen molar-refractivity contribution in [2.24, 2.45) is 5.92 Å². The van der Waals surface area contributed by atoms with Gasteiger partial charge in [-0.1, -0.05) is 39.5 Å². The summed E-state index contributed by atoms with van der Waals surface area (Å²) in [7, 11) is 1.43. The molecule has 0 aromatic carbocycles. The molecule has 0 saturated carbocycles. The van der Waals surface area contributed by atoms with E-state index in [0.29, 0.717) is 6.42 Å². The number of carbonyl (C=O) groups is 1. The molecule has 0 aliphatic rings. The van der Waals surface area contributed by atoms with Crippen molar-refractivity contribution in [1.29, 1.82) is 0 Å². The molecule has 0 aromatic rings. The molecule has 3 heteroatoms. The second-order valence-electron chi connectivity index (χ2n) is 5.23. The molecule has 0 rings (SSSR count). The highest BCUT2D eigenvalue weighted by atomic mass is 16.5. The van der Waals surface area contributed by atoms with E-state index < -0.39 is 0 Å². The quantitative estimate of drug-likeness (QED) is 0.473. The zero-order valence-electron chi connectivity index (χ0n) is 11.9. The van der Waals surface area contributed by atoms with Crippen LogP contribution < -0.4 is 5.32 Å². The Hall–Kier alpha value is -0.570. The van der Waals surface area contributed by atoms with E-state index >= 15 is 0 Å². The van der Waals surface area contributed by atoms with Gasteiger partial charge in [0.1, 0.15) is 0 Å². The van der Waals surface area contributed by atoms with Crippen LogP contribution in [0, 0.1) is 5.92 Å². The molecule has 0 spiro atoms. The van der Waals surface area contributed by atoms with Crippen LogP contribution in [0.15, 0.2) is 0 Å². The van der Waals surface area contributed by atoms with Gasteiger partial charge in [0, 0.05) is 6.04 Å². The van der Waals surface area contributed by atoms with Crippen LogP contribution in [0.5, 0.6) is 0 Å². The maximum absolute atomic E-state index is 11.0. The molecule has 0 aliphatic heterocycles. The molecular formula is C14H29NO2. The third kappa shape index (κ3) is 11.7. The Morgan fingerprint density at radius 3 is 2.35 bits per heavy atom. The van der Waals surface area contributed by atoms with Crippen LogP contribution in [-0.4, -0.2) is 25.7 Å². The molecule has 0 fully saturated rings. The van der Waals surface area contributed by atoms with Crippen LogP contribution in [0.2, 0.25) is 0 Å². The molecular weight excluding hydrogens is 214 g/mol. The predicted molar refractivity (Wildman–Crippen MR) is 72.0 cm³/mol. The van der Waals surface area contributed by atoms with Gasteiger partial charge < -0.3 is 10.1 Å². The number of esters is 1. The molecule has 0 saturated heterocycles. The fraction of sp³-hybridized carbons (Fsp3) is 0.929. The molecule has 1 atom stereocenters. The van der Waals surface area contributed by atoms with Crippen molar-refractivity contribution >= 4 is 5.97 Å². The van der Waals surface area contributed by atoms with Gasteiger partial charge >= 0.3 is 5.97 Å². The smallest absolute Gasteiger partial charge is 0.307 e. The maximum Gasteiger partial charge on any atom is 0.307 e. The summed E-state index contributed by atoms with van der Waals surface area (Å²) >= 11 is 0. The Labute approximate surface area is 106 Å². The van der Waals surface area contributed by atoms with E-state index in [-0.39, 0.29) is 12.0 Å². The summed E-state index contributed by atoms with van der Waals surface area (Å²) < 4.78 is 4.62. The molecule has 0 aliphatic carbocycles. The van der Waals surface area contributed by atoms with E-state index in [1.54, 1.807) is 0 Å². The van der Waals surface area contributed by atoms with Gasteiger partial charge in [-0.25, -0.2) is 0 Å². The van der Waals surface area contributed by atoms with E-state index in [0.717, 1.165) is 12.5 Å². The average molecular weight is 243 g/mol. The lowest BCUT2D eigenvalue weighted by Gasteiger charge is -2.12. The summed E-state index contributed by atoms with van der Waals surface area (Å²) in [5.74, 6) is 0.690. The lowest BCUT2D eigenvalue weighted by molar-refractivity contribution is -0.141. The van der Waals surface area contributed by atoms with E-state index in [1.165, 1.54) is 39.2 Å². The van der Waals surface area contributed by atoms with Gasteiger partial charge in [0.15, 0.2) is 0 Å². The van der Waals surface area contributed by atoms with E-state index in [4.69, 9.17) is 0 Å². The summed E-state index contributed by atoms with van der Waals surface area (Å²) in [5.41, 5.74) is 0. The summed E-state index contributed by atoms with van der Waals surface area (Å²) in [6, 6.07) is 0.220. The van der Waals surface area contributed by atoms with Crippen molar-refractivity contribution < 1.29 is 9.53 Å². The summed E-state index contributed by atoms with van der Waals surface area (Å²) in [6.07, 6.45) is 6.95. The summed E-state index contributed by atoms with van der Waals surface area (Å²) in [5, 5.41) is 3.35. The number of carbonyl (C=O) groups excluding carboxylic acids is 1. The van der Waals surface area contributed by atoms with Gasteiger partial charge in [-0.05, 0) is 25.8 Å². The zero-order chi connectivity index (χ0) is 13.1. The normalized spacial score (nSPS) is 12.8.